The van der Waals surface area contributed by atoms with E-state index in [1.165, 1.54) is 0 Å². The number of rotatable bonds is 2. The maximum atomic E-state index is 10.4. The summed E-state index contributed by atoms with van der Waals surface area (Å²) < 4.78 is 1.64. The van der Waals surface area contributed by atoms with Crippen LogP contribution in [0.5, 0.6) is 0 Å². The van der Waals surface area contributed by atoms with Crippen LogP contribution in [-0.2, 0) is 4.79 Å². The van der Waals surface area contributed by atoms with Crippen molar-refractivity contribution in [2.24, 2.45) is 0 Å². The van der Waals surface area contributed by atoms with E-state index in [0.29, 0.717) is 0 Å². The van der Waals surface area contributed by atoms with Gasteiger partial charge in [-0.15, -0.1) is 0 Å². The largest absolute Gasteiger partial charge is 0.480 e. The molecule has 0 saturated carbocycles. The van der Waals surface area contributed by atoms with Gasteiger partial charge in [-0.05, 0) is 19.1 Å². The highest BCUT2D eigenvalue weighted by Gasteiger charge is 2.09. The summed E-state index contributed by atoms with van der Waals surface area (Å²) in [6, 6.07) is 3.15. The molecular weight excluding hydrogens is 130 g/mol. The molecule has 3 heteroatoms. The second-order valence-electron chi connectivity index (χ2n) is 2.14. The fourth-order valence-electron chi connectivity index (χ4n) is 0.734. The molecule has 0 amide bonds. The first-order chi connectivity index (χ1) is 4.72. The monoisotopic (exact) mass is 139 g/mol. The number of carboxylic acid groups (broad SMARTS) is 1. The molecule has 0 aromatic carbocycles. The number of carbonyl (C=O) groups is 1. The van der Waals surface area contributed by atoms with Crippen molar-refractivity contribution in [3.8, 4) is 0 Å². The normalized spacial score (nSPS) is 12.9. The summed E-state index contributed by atoms with van der Waals surface area (Å²) in [5.74, 6) is -0.809. The molecule has 0 fully saturated rings. The zero-order chi connectivity index (χ0) is 7.56. The average Bonchev–Trinajstić information content (AvgIpc) is 2.36. The van der Waals surface area contributed by atoms with Crippen molar-refractivity contribution in [3.63, 3.8) is 0 Å². The fourth-order valence-corrected chi connectivity index (χ4v) is 0.734. The zero-order valence-corrected chi connectivity index (χ0v) is 5.69. The van der Waals surface area contributed by atoms with Crippen LogP contribution in [0, 0.1) is 0 Å². The Morgan fingerprint density at radius 1 is 1.50 bits per heavy atom. The summed E-state index contributed by atoms with van der Waals surface area (Å²) in [5, 5.41) is 8.53. The molecule has 0 bridgehead atoms. The minimum absolute atomic E-state index is 0.463. The third-order valence-corrected chi connectivity index (χ3v) is 1.43. The van der Waals surface area contributed by atoms with E-state index in [0.717, 1.165) is 0 Å². The fraction of sp³-hybridized carbons (Fsp3) is 0.286. The summed E-state index contributed by atoms with van der Waals surface area (Å²) in [6.45, 7) is 1.64. The molecule has 0 saturated heterocycles. The molecule has 10 heavy (non-hydrogen) atoms. The van der Waals surface area contributed by atoms with Crippen molar-refractivity contribution < 1.29 is 9.90 Å². The number of hydrogen-bond donors (Lipinski definition) is 1. The van der Waals surface area contributed by atoms with Gasteiger partial charge in [0.05, 0.1) is 0 Å². The van der Waals surface area contributed by atoms with E-state index >= 15 is 0 Å². The van der Waals surface area contributed by atoms with E-state index in [9.17, 15) is 4.79 Å². The highest BCUT2D eigenvalue weighted by molar-refractivity contribution is 5.71. The van der Waals surface area contributed by atoms with Gasteiger partial charge in [-0.2, -0.15) is 0 Å². The van der Waals surface area contributed by atoms with Crippen molar-refractivity contribution in [1.82, 2.24) is 4.57 Å². The average molecular weight is 139 g/mol. The van der Waals surface area contributed by atoms with Gasteiger partial charge >= 0.3 is 5.97 Å². The van der Waals surface area contributed by atoms with E-state index in [-0.39, 0.29) is 0 Å². The second-order valence-corrected chi connectivity index (χ2v) is 2.14. The highest BCUT2D eigenvalue weighted by Crippen LogP contribution is 2.04. The number of hydrogen-bond acceptors (Lipinski definition) is 1. The van der Waals surface area contributed by atoms with E-state index in [4.69, 9.17) is 5.11 Å². The molecule has 0 aliphatic carbocycles. The number of nitrogens with zero attached hydrogens (tertiary/aromatic N) is 1. The third-order valence-electron chi connectivity index (χ3n) is 1.43. The van der Waals surface area contributed by atoms with Gasteiger partial charge in [-0.1, -0.05) is 0 Å². The van der Waals surface area contributed by atoms with E-state index < -0.39 is 12.0 Å². The number of aromatic nitrogens is 1. The molecule has 1 aromatic heterocycles. The maximum Gasteiger partial charge on any atom is 0.326 e. The van der Waals surface area contributed by atoms with Crippen LogP contribution in [0.25, 0.3) is 0 Å². The van der Waals surface area contributed by atoms with E-state index in [2.05, 4.69) is 0 Å². The molecule has 1 heterocycles. The van der Waals surface area contributed by atoms with Gasteiger partial charge in [0.1, 0.15) is 6.04 Å². The van der Waals surface area contributed by atoms with Crippen LogP contribution in [0.1, 0.15) is 13.0 Å². The molecule has 1 atom stereocenters. The minimum atomic E-state index is -0.809. The summed E-state index contributed by atoms with van der Waals surface area (Å²) >= 11 is 0. The Bertz CT molecular complexity index is 216. The highest BCUT2D eigenvalue weighted by atomic mass is 16.4. The smallest absolute Gasteiger partial charge is 0.326 e. The lowest BCUT2D eigenvalue weighted by atomic mass is 10.3. The first-order valence-electron chi connectivity index (χ1n) is 3.07. The Kier molecular flexibility index (Phi) is 1.76. The summed E-state index contributed by atoms with van der Waals surface area (Å²) in [7, 11) is 0. The topological polar surface area (TPSA) is 42.2 Å². The van der Waals surface area contributed by atoms with Crippen LogP contribution in [-0.4, -0.2) is 15.6 Å². The van der Waals surface area contributed by atoms with Gasteiger partial charge < -0.3 is 9.67 Å². The molecule has 0 spiro atoms. The van der Waals surface area contributed by atoms with Crippen LogP contribution in [0.2, 0.25) is 0 Å². The summed E-state index contributed by atoms with van der Waals surface area (Å²) in [4.78, 5) is 10.4. The lowest BCUT2D eigenvalue weighted by Crippen LogP contribution is -2.13. The summed E-state index contributed by atoms with van der Waals surface area (Å²) in [5.41, 5.74) is 0. The molecule has 0 aliphatic heterocycles. The lowest BCUT2D eigenvalue weighted by molar-refractivity contribution is -0.140. The van der Waals surface area contributed by atoms with Crippen molar-refractivity contribution >= 4 is 5.97 Å². The predicted molar refractivity (Wildman–Crippen MR) is 36.8 cm³/mol. The standard InChI is InChI=1S/C7H9NO2/c1-6(7(9)10)8-4-2-3-5-8/h2-6H,1H3,(H,9,10)/t6-/m0/s1. The van der Waals surface area contributed by atoms with Gasteiger partial charge in [0.2, 0.25) is 0 Å². The first kappa shape index (κ1) is 6.86. The number of aliphatic carboxylic acids is 1. The molecule has 0 unspecified atom stereocenters. The molecule has 0 aliphatic rings. The Labute approximate surface area is 58.9 Å². The molecule has 3 nitrogen and oxygen atoms in total. The van der Waals surface area contributed by atoms with Crippen molar-refractivity contribution in [1.29, 1.82) is 0 Å². The van der Waals surface area contributed by atoms with Gasteiger partial charge in [0, 0.05) is 12.4 Å². The quantitative estimate of drug-likeness (QED) is 0.667. The molecule has 1 aromatic rings. The lowest BCUT2D eigenvalue weighted by Gasteiger charge is -2.06. The Morgan fingerprint density at radius 3 is 2.40 bits per heavy atom. The van der Waals surface area contributed by atoms with Gasteiger partial charge in [0.25, 0.3) is 0 Å². The van der Waals surface area contributed by atoms with Gasteiger partial charge in [0.15, 0.2) is 0 Å². The van der Waals surface area contributed by atoms with Crippen molar-refractivity contribution in [3.05, 3.63) is 24.5 Å². The van der Waals surface area contributed by atoms with Gasteiger partial charge in [-0.3, -0.25) is 0 Å². The molecule has 54 valence electrons. The SMILES string of the molecule is C[C@@H](C(=O)O)n1cccc1. The van der Waals surface area contributed by atoms with Crippen LogP contribution in [0.4, 0.5) is 0 Å². The molecule has 0 radical (unpaired) electrons. The maximum absolute atomic E-state index is 10.4. The first-order valence-corrected chi connectivity index (χ1v) is 3.07. The Balaban J connectivity index is 2.77. The Hall–Kier alpha value is -1.25. The summed E-state index contributed by atoms with van der Waals surface area (Å²) in [6.07, 6.45) is 3.47. The van der Waals surface area contributed by atoms with Crippen molar-refractivity contribution in [2.45, 2.75) is 13.0 Å². The van der Waals surface area contributed by atoms with E-state index in [1.807, 2.05) is 0 Å². The van der Waals surface area contributed by atoms with Crippen molar-refractivity contribution in [2.75, 3.05) is 0 Å². The van der Waals surface area contributed by atoms with Crippen LogP contribution in [0.15, 0.2) is 24.5 Å². The Morgan fingerprint density at radius 2 is 2.00 bits per heavy atom. The minimum Gasteiger partial charge on any atom is -0.480 e. The molecular formula is C7H9NO2. The number of carboxylic acids is 1. The van der Waals surface area contributed by atoms with Gasteiger partial charge in [-0.25, -0.2) is 4.79 Å². The molecule has 1 N–H and O–H groups in total. The zero-order valence-electron chi connectivity index (χ0n) is 5.69. The predicted octanol–water partition coefficient (Wildman–Crippen LogP) is 1.13. The third kappa shape index (κ3) is 1.18. The van der Waals surface area contributed by atoms with Crippen LogP contribution < -0.4 is 0 Å². The second kappa shape index (κ2) is 2.56. The molecule has 1 rings (SSSR count). The van der Waals surface area contributed by atoms with Crippen LogP contribution >= 0.6 is 0 Å². The van der Waals surface area contributed by atoms with Crippen LogP contribution in [0.3, 0.4) is 0 Å². The van der Waals surface area contributed by atoms with E-state index in [1.54, 1.807) is 36.0 Å².